The van der Waals surface area contributed by atoms with Gasteiger partial charge in [0.1, 0.15) is 0 Å². The van der Waals surface area contributed by atoms with E-state index in [1.54, 1.807) is 6.07 Å². The zero-order valence-corrected chi connectivity index (χ0v) is 11.7. The first kappa shape index (κ1) is 14.1. The van der Waals surface area contributed by atoms with Gasteiger partial charge in [-0.1, -0.05) is 23.7 Å². The molecule has 0 aliphatic rings. The number of rotatable bonds is 4. The Morgan fingerprint density at radius 3 is 2.65 bits per heavy atom. The van der Waals surface area contributed by atoms with Gasteiger partial charge in [-0.05, 0) is 23.8 Å². The van der Waals surface area contributed by atoms with Crippen LogP contribution in [0.25, 0.3) is 0 Å². The first-order valence-corrected chi connectivity index (χ1v) is 6.34. The van der Waals surface area contributed by atoms with Gasteiger partial charge in [0.25, 0.3) is 5.69 Å². The normalized spacial score (nSPS) is 10.3. The molecule has 2 aromatic carbocycles. The van der Waals surface area contributed by atoms with E-state index in [1.807, 2.05) is 36.2 Å². The Morgan fingerprint density at radius 2 is 2.05 bits per heavy atom. The van der Waals surface area contributed by atoms with Crippen molar-refractivity contribution < 1.29 is 4.92 Å². The summed E-state index contributed by atoms with van der Waals surface area (Å²) in [5.41, 5.74) is 8.02. The molecule has 0 heterocycles. The molecule has 0 saturated heterocycles. The van der Waals surface area contributed by atoms with Gasteiger partial charge >= 0.3 is 0 Å². The zero-order chi connectivity index (χ0) is 14.7. The summed E-state index contributed by atoms with van der Waals surface area (Å²) in [5, 5.41) is 11.4. The van der Waals surface area contributed by atoms with E-state index < -0.39 is 4.92 Å². The fourth-order valence-corrected chi connectivity index (χ4v) is 2.21. The average Bonchev–Trinajstić information content (AvgIpc) is 2.38. The van der Waals surface area contributed by atoms with Crippen LogP contribution < -0.4 is 10.6 Å². The number of hydrogen-bond donors (Lipinski definition) is 1. The summed E-state index contributed by atoms with van der Waals surface area (Å²) < 4.78 is 0. The molecule has 104 valence electrons. The number of benzene rings is 2. The Balaban J connectivity index is 2.21. The average molecular weight is 292 g/mol. The molecule has 0 atom stereocenters. The van der Waals surface area contributed by atoms with Crippen LogP contribution in [0.1, 0.15) is 5.56 Å². The number of nitrogens with two attached hydrogens (primary N) is 1. The molecule has 20 heavy (non-hydrogen) atoms. The molecule has 2 rings (SSSR count). The van der Waals surface area contributed by atoms with Crippen molar-refractivity contribution in [1.82, 2.24) is 0 Å². The van der Waals surface area contributed by atoms with Crippen LogP contribution in [0, 0.1) is 10.1 Å². The summed E-state index contributed by atoms with van der Waals surface area (Å²) in [7, 11) is 1.87. The smallest absolute Gasteiger partial charge is 0.271 e. The van der Waals surface area contributed by atoms with Gasteiger partial charge in [-0.15, -0.1) is 0 Å². The second-order valence-corrected chi connectivity index (χ2v) is 4.92. The number of nitro benzene ring substituents is 1. The standard InChI is InChI=1S/C14H14ClN3O2/c1-17(9-10-3-2-4-11(15)7-10)14-6-5-12(18(19)20)8-13(14)16/h2-8H,9,16H2,1H3. The monoisotopic (exact) mass is 291 g/mol. The molecule has 6 heteroatoms. The lowest BCUT2D eigenvalue weighted by molar-refractivity contribution is -0.384. The van der Waals surface area contributed by atoms with Crippen molar-refractivity contribution >= 4 is 28.7 Å². The number of halogens is 1. The molecule has 0 saturated carbocycles. The largest absolute Gasteiger partial charge is 0.397 e. The zero-order valence-electron chi connectivity index (χ0n) is 10.9. The van der Waals surface area contributed by atoms with Gasteiger partial charge in [0, 0.05) is 30.7 Å². The molecule has 5 nitrogen and oxygen atoms in total. The lowest BCUT2D eigenvalue weighted by Gasteiger charge is -2.21. The Hall–Kier alpha value is -2.27. The number of nitrogen functional groups attached to an aromatic ring is 1. The van der Waals surface area contributed by atoms with Crippen molar-refractivity contribution in [3.63, 3.8) is 0 Å². The van der Waals surface area contributed by atoms with E-state index in [2.05, 4.69) is 0 Å². The lowest BCUT2D eigenvalue weighted by atomic mass is 10.2. The highest BCUT2D eigenvalue weighted by atomic mass is 35.5. The van der Waals surface area contributed by atoms with Crippen LogP contribution in [0.3, 0.4) is 0 Å². The minimum atomic E-state index is -0.461. The van der Waals surface area contributed by atoms with E-state index in [1.165, 1.54) is 12.1 Å². The van der Waals surface area contributed by atoms with Crippen LogP contribution >= 0.6 is 11.6 Å². The predicted octanol–water partition coefficient (Wildman–Crippen LogP) is 3.47. The Morgan fingerprint density at radius 1 is 1.30 bits per heavy atom. The molecule has 0 aliphatic heterocycles. The summed E-state index contributed by atoms with van der Waals surface area (Å²) in [6.45, 7) is 0.614. The second kappa shape index (κ2) is 5.79. The van der Waals surface area contributed by atoms with Crippen LogP contribution in [0.5, 0.6) is 0 Å². The van der Waals surface area contributed by atoms with E-state index in [0.717, 1.165) is 11.3 Å². The SMILES string of the molecule is CN(Cc1cccc(Cl)c1)c1ccc([N+](=O)[O-])cc1N. The van der Waals surface area contributed by atoms with Crippen LogP contribution in [-0.4, -0.2) is 12.0 Å². The van der Waals surface area contributed by atoms with E-state index in [0.29, 0.717) is 17.3 Å². The summed E-state index contributed by atoms with van der Waals surface area (Å²) >= 11 is 5.94. The van der Waals surface area contributed by atoms with Gasteiger partial charge in [-0.25, -0.2) is 0 Å². The third-order valence-corrected chi connectivity index (χ3v) is 3.18. The first-order chi connectivity index (χ1) is 9.47. The number of nitro groups is 1. The number of non-ortho nitro benzene ring substituents is 1. The van der Waals surface area contributed by atoms with Crippen molar-refractivity contribution in [2.75, 3.05) is 17.7 Å². The van der Waals surface area contributed by atoms with Crippen molar-refractivity contribution in [3.8, 4) is 0 Å². The number of hydrogen-bond acceptors (Lipinski definition) is 4. The van der Waals surface area contributed by atoms with Gasteiger partial charge in [0.15, 0.2) is 0 Å². The van der Waals surface area contributed by atoms with Crippen molar-refractivity contribution in [3.05, 3.63) is 63.2 Å². The maximum absolute atomic E-state index is 10.7. The quantitative estimate of drug-likeness (QED) is 0.532. The van der Waals surface area contributed by atoms with Crippen LogP contribution in [-0.2, 0) is 6.54 Å². The molecule has 0 unspecified atom stereocenters. The van der Waals surface area contributed by atoms with E-state index >= 15 is 0 Å². The topological polar surface area (TPSA) is 72.4 Å². The molecule has 0 bridgehead atoms. The molecule has 0 radical (unpaired) electrons. The molecular weight excluding hydrogens is 278 g/mol. The predicted molar refractivity (Wildman–Crippen MR) is 81.1 cm³/mol. The maximum Gasteiger partial charge on any atom is 0.271 e. The summed E-state index contributed by atoms with van der Waals surface area (Å²) in [6.07, 6.45) is 0. The van der Waals surface area contributed by atoms with E-state index in [9.17, 15) is 10.1 Å². The molecule has 2 aromatic rings. The molecule has 0 amide bonds. The van der Waals surface area contributed by atoms with Gasteiger partial charge in [0.2, 0.25) is 0 Å². The Kier molecular flexibility index (Phi) is 4.10. The third kappa shape index (κ3) is 3.19. The fraction of sp³-hybridized carbons (Fsp3) is 0.143. The van der Waals surface area contributed by atoms with Crippen molar-refractivity contribution in [1.29, 1.82) is 0 Å². The Labute approximate surface area is 121 Å². The van der Waals surface area contributed by atoms with Gasteiger partial charge in [-0.3, -0.25) is 10.1 Å². The number of nitrogens with zero attached hydrogens (tertiary/aromatic N) is 2. The highest BCUT2D eigenvalue weighted by Crippen LogP contribution is 2.28. The molecular formula is C14H14ClN3O2. The summed E-state index contributed by atoms with van der Waals surface area (Å²) in [4.78, 5) is 12.1. The number of anilines is 2. The van der Waals surface area contributed by atoms with Gasteiger partial charge in [0.05, 0.1) is 16.3 Å². The van der Waals surface area contributed by atoms with Gasteiger partial charge in [-0.2, -0.15) is 0 Å². The van der Waals surface area contributed by atoms with E-state index in [4.69, 9.17) is 17.3 Å². The molecule has 2 N–H and O–H groups in total. The lowest BCUT2D eigenvalue weighted by Crippen LogP contribution is -2.17. The van der Waals surface area contributed by atoms with Crippen molar-refractivity contribution in [2.45, 2.75) is 6.54 Å². The van der Waals surface area contributed by atoms with Crippen LogP contribution in [0.15, 0.2) is 42.5 Å². The maximum atomic E-state index is 10.7. The highest BCUT2D eigenvalue weighted by molar-refractivity contribution is 6.30. The highest BCUT2D eigenvalue weighted by Gasteiger charge is 2.11. The Bertz CT molecular complexity index is 646. The first-order valence-electron chi connectivity index (χ1n) is 5.97. The second-order valence-electron chi connectivity index (χ2n) is 4.49. The molecule has 0 spiro atoms. The van der Waals surface area contributed by atoms with E-state index in [-0.39, 0.29) is 5.69 Å². The molecule has 0 fully saturated rings. The third-order valence-electron chi connectivity index (χ3n) is 2.94. The summed E-state index contributed by atoms with van der Waals surface area (Å²) in [6, 6.07) is 12.0. The van der Waals surface area contributed by atoms with Crippen LogP contribution in [0.4, 0.5) is 17.1 Å². The fourth-order valence-electron chi connectivity index (χ4n) is 2.00. The minimum absolute atomic E-state index is 0.0117. The molecule has 0 aliphatic carbocycles. The van der Waals surface area contributed by atoms with Gasteiger partial charge < -0.3 is 10.6 Å². The van der Waals surface area contributed by atoms with Crippen molar-refractivity contribution in [2.24, 2.45) is 0 Å². The molecule has 0 aromatic heterocycles. The summed E-state index contributed by atoms with van der Waals surface area (Å²) in [5.74, 6) is 0. The van der Waals surface area contributed by atoms with Crippen LogP contribution in [0.2, 0.25) is 5.02 Å². The minimum Gasteiger partial charge on any atom is -0.397 e.